The molecule has 0 aliphatic carbocycles. The number of benzene rings is 1. The van der Waals surface area contributed by atoms with E-state index < -0.39 is 10.0 Å². The Bertz CT molecular complexity index is 706. The first kappa shape index (κ1) is 15.6. The molecule has 4 nitrogen and oxygen atoms in total. The fraction of sp³-hybridized carbons (Fsp3) is 0.154. The topological polar surface area (TPSA) is 59.1 Å². The number of hydrogen-bond acceptors (Lipinski definition) is 3. The second-order valence-corrected chi connectivity index (χ2v) is 7.65. The summed E-state index contributed by atoms with van der Waals surface area (Å²) in [6, 6.07) is 8.25. The van der Waals surface area contributed by atoms with Gasteiger partial charge in [0.15, 0.2) is 0 Å². The van der Waals surface area contributed by atoms with E-state index in [9.17, 15) is 8.42 Å². The normalized spacial score (nSPS) is 13.2. The Morgan fingerprint density at radius 2 is 1.80 bits per heavy atom. The number of halogens is 2. The molecule has 0 bridgehead atoms. The van der Waals surface area contributed by atoms with Crippen LogP contribution in [0.1, 0.15) is 18.5 Å². The average molecular weight is 420 g/mol. The van der Waals surface area contributed by atoms with Gasteiger partial charge in [-0.25, -0.2) is 13.1 Å². The van der Waals surface area contributed by atoms with Gasteiger partial charge in [-0.3, -0.25) is 4.98 Å². The lowest BCUT2D eigenvalue weighted by Crippen LogP contribution is -2.27. The molecule has 1 aromatic carbocycles. The van der Waals surface area contributed by atoms with E-state index in [1.54, 1.807) is 49.6 Å². The van der Waals surface area contributed by atoms with E-state index in [-0.39, 0.29) is 10.9 Å². The van der Waals surface area contributed by atoms with Crippen LogP contribution in [0.15, 0.2) is 56.6 Å². The lowest BCUT2D eigenvalue weighted by atomic mass is 10.1. The smallest absolute Gasteiger partial charge is 0.242 e. The van der Waals surface area contributed by atoms with Gasteiger partial charge in [-0.1, -0.05) is 15.9 Å². The number of rotatable bonds is 4. The van der Waals surface area contributed by atoms with Crippen molar-refractivity contribution in [3.8, 4) is 0 Å². The van der Waals surface area contributed by atoms with Gasteiger partial charge in [-0.15, -0.1) is 0 Å². The molecule has 0 amide bonds. The first-order valence-electron chi connectivity index (χ1n) is 5.77. The number of hydrogen-bond donors (Lipinski definition) is 1. The SMILES string of the molecule is CC(NS(=O)(=O)c1cc(Br)ccc1Br)c1ccncc1. The second kappa shape index (κ2) is 6.34. The zero-order chi connectivity index (χ0) is 14.8. The molecule has 0 fully saturated rings. The van der Waals surface area contributed by atoms with Crippen LogP contribution in [0.25, 0.3) is 0 Å². The largest absolute Gasteiger partial charge is 0.265 e. The first-order valence-corrected chi connectivity index (χ1v) is 8.84. The summed E-state index contributed by atoms with van der Waals surface area (Å²) in [6.45, 7) is 1.79. The van der Waals surface area contributed by atoms with Crippen LogP contribution in [-0.2, 0) is 10.0 Å². The molecule has 1 aromatic heterocycles. The van der Waals surface area contributed by atoms with Crippen LogP contribution in [0, 0.1) is 0 Å². The summed E-state index contributed by atoms with van der Waals surface area (Å²) in [6.07, 6.45) is 3.27. The third-order valence-corrected chi connectivity index (χ3v) is 5.75. The van der Waals surface area contributed by atoms with Gasteiger partial charge >= 0.3 is 0 Å². The van der Waals surface area contributed by atoms with Gasteiger partial charge in [0.2, 0.25) is 10.0 Å². The maximum absolute atomic E-state index is 12.4. The quantitative estimate of drug-likeness (QED) is 0.822. The highest BCUT2D eigenvalue weighted by molar-refractivity contribution is 9.11. The Morgan fingerprint density at radius 1 is 1.15 bits per heavy atom. The van der Waals surface area contributed by atoms with Crippen molar-refractivity contribution in [2.45, 2.75) is 17.9 Å². The predicted octanol–water partition coefficient (Wildman–Crippen LogP) is 3.65. The minimum atomic E-state index is -3.61. The molecule has 1 atom stereocenters. The molecule has 20 heavy (non-hydrogen) atoms. The summed E-state index contributed by atoms with van der Waals surface area (Å²) >= 11 is 6.54. The number of sulfonamides is 1. The van der Waals surface area contributed by atoms with Crippen LogP contribution < -0.4 is 4.72 Å². The van der Waals surface area contributed by atoms with Crippen LogP contribution in [0.2, 0.25) is 0 Å². The van der Waals surface area contributed by atoms with Crippen molar-refractivity contribution in [1.82, 2.24) is 9.71 Å². The summed E-state index contributed by atoms with van der Waals surface area (Å²) in [4.78, 5) is 4.12. The van der Waals surface area contributed by atoms with Gasteiger partial charge in [0.05, 0.1) is 4.90 Å². The molecule has 2 aromatic rings. The molecule has 0 aliphatic rings. The molecule has 0 saturated heterocycles. The summed E-state index contributed by atoms with van der Waals surface area (Å²) in [7, 11) is -3.61. The van der Waals surface area contributed by atoms with Crippen molar-refractivity contribution >= 4 is 41.9 Å². The Labute approximate surface area is 134 Å². The monoisotopic (exact) mass is 418 g/mol. The van der Waals surface area contributed by atoms with E-state index >= 15 is 0 Å². The number of aromatic nitrogens is 1. The van der Waals surface area contributed by atoms with E-state index in [2.05, 4.69) is 41.6 Å². The summed E-state index contributed by atoms with van der Waals surface area (Å²) in [5, 5.41) is 0. The van der Waals surface area contributed by atoms with Crippen molar-refractivity contribution in [1.29, 1.82) is 0 Å². The maximum atomic E-state index is 12.4. The third-order valence-electron chi connectivity index (χ3n) is 2.72. The highest BCUT2D eigenvalue weighted by Crippen LogP contribution is 2.26. The molecule has 0 radical (unpaired) electrons. The van der Waals surface area contributed by atoms with Crippen LogP contribution in [0.5, 0.6) is 0 Å². The zero-order valence-electron chi connectivity index (χ0n) is 10.5. The summed E-state index contributed by atoms with van der Waals surface area (Å²) < 4.78 is 28.7. The Balaban J connectivity index is 2.30. The fourth-order valence-corrected chi connectivity index (χ4v) is 4.43. The Kier molecular flexibility index (Phi) is 4.95. The molecular formula is C13H12Br2N2O2S. The van der Waals surface area contributed by atoms with Gasteiger partial charge in [0.1, 0.15) is 0 Å². The van der Waals surface area contributed by atoms with E-state index in [1.165, 1.54) is 0 Å². The highest BCUT2D eigenvalue weighted by Gasteiger charge is 2.21. The maximum Gasteiger partial charge on any atom is 0.242 e. The molecule has 2 rings (SSSR count). The van der Waals surface area contributed by atoms with Crippen LogP contribution in [0.4, 0.5) is 0 Å². The molecule has 0 spiro atoms. The van der Waals surface area contributed by atoms with E-state index in [0.29, 0.717) is 8.95 Å². The van der Waals surface area contributed by atoms with E-state index in [1.807, 2.05) is 0 Å². The Hall–Kier alpha value is -0.760. The van der Waals surface area contributed by atoms with Crippen LogP contribution in [0.3, 0.4) is 0 Å². The summed E-state index contributed by atoms with van der Waals surface area (Å²) in [5.41, 5.74) is 0.856. The van der Waals surface area contributed by atoms with Crippen molar-refractivity contribution in [2.24, 2.45) is 0 Å². The average Bonchev–Trinajstić information content (AvgIpc) is 2.42. The minimum Gasteiger partial charge on any atom is -0.265 e. The molecular weight excluding hydrogens is 408 g/mol. The van der Waals surface area contributed by atoms with Crippen LogP contribution in [-0.4, -0.2) is 13.4 Å². The lowest BCUT2D eigenvalue weighted by molar-refractivity contribution is 0.566. The predicted molar refractivity (Wildman–Crippen MR) is 84.8 cm³/mol. The van der Waals surface area contributed by atoms with Gasteiger partial charge in [0.25, 0.3) is 0 Å². The molecule has 0 aliphatic heterocycles. The number of nitrogens with zero attached hydrogens (tertiary/aromatic N) is 1. The van der Waals surface area contributed by atoms with Crippen molar-refractivity contribution in [2.75, 3.05) is 0 Å². The highest BCUT2D eigenvalue weighted by atomic mass is 79.9. The number of nitrogens with one attached hydrogen (secondary N) is 1. The summed E-state index contributed by atoms with van der Waals surface area (Å²) in [5.74, 6) is 0. The van der Waals surface area contributed by atoms with Crippen LogP contribution >= 0.6 is 31.9 Å². The number of pyridine rings is 1. The molecule has 0 saturated carbocycles. The standard InChI is InChI=1S/C13H12Br2N2O2S/c1-9(10-4-6-16-7-5-10)17-20(18,19)13-8-11(14)2-3-12(13)15/h2-9,17H,1H3. The molecule has 1 heterocycles. The van der Waals surface area contributed by atoms with Crippen molar-refractivity contribution in [3.63, 3.8) is 0 Å². The van der Waals surface area contributed by atoms with Gasteiger partial charge in [-0.05, 0) is 58.7 Å². The Morgan fingerprint density at radius 3 is 2.45 bits per heavy atom. The lowest BCUT2D eigenvalue weighted by Gasteiger charge is -2.15. The third kappa shape index (κ3) is 3.66. The first-order chi connectivity index (χ1) is 9.40. The minimum absolute atomic E-state index is 0.202. The molecule has 1 N–H and O–H groups in total. The van der Waals surface area contributed by atoms with Crippen molar-refractivity contribution < 1.29 is 8.42 Å². The van der Waals surface area contributed by atoms with E-state index in [4.69, 9.17) is 0 Å². The second-order valence-electron chi connectivity index (χ2n) is 4.20. The van der Waals surface area contributed by atoms with Gasteiger partial charge in [0, 0.05) is 27.4 Å². The fourth-order valence-electron chi connectivity index (χ4n) is 1.70. The molecule has 106 valence electrons. The van der Waals surface area contributed by atoms with Gasteiger partial charge in [-0.2, -0.15) is 0 Å². The van der Waals surface area contributed by atoms with E-state index in [0.717, 1.165) is 5.56 Å². The van der Waals surface area contributed by atoms with Gasteiger partial charge < -0.3 is 0 Å². The van der Waals surface area contributed by atoms with Crippen molar-refractivity contribution in [3.05, 3.63) is 57.2 Å². The zero-order valence-corrected chi connectivity index (χ0v) is 14.5. The molecule has 1 unspecified atom stereocenters. The molecule has 7 heteroatoms.